The molecule has 0 aliphatic heterocycles. The maximum atomic E-state index is 12.8. The second-order valence-corrected chi connectivity index (χ2v) is 10.7. The fourth-order valence-electron chi connectivity index (χ4n) is 7.83. The molecule has 0 aromatic carbocycles. The number of hydrogen-bond acceptors (Lipinski definition) is 4. The number of carbonyl (C=O) groups excluding carboxylic acids is 3. The summed E-state index contributed by atoms with van der Waals surface area (Å²) in [5.41, 5.74) is 0.137. The maximum Gasteiger partial charge on any atom is 0.303 e. The summed E-state index contributed by atoms with van der Waals surface area (Å²) in [6.07, 6.45) is 8.22. The minimum absolute atomic E-state index is 0.00469. The quantitative estimate of drug-likeness (QED) is 0.648. The van der Waals surface area contributed by atoms with Crippen molar-refractivity contribution in [1.29, 1.82) is 0 Å². The van der Waals surface area contributed by atoms with E-state index in [4.69, 9.17) is 4.74 Å². The minimum atomic E-state index is -0.961. The third-order valence-corrected chi connectivity index (χ3v) is 8.96. The molecule has 0 amide bonds. The first-order valence-corrected chi connectivity index (χ1v) is 11.0. The molecule has 0 unspecified atom stereocenters. The summed E-state index contributed by atoms with van der Waals surface area (Å²) in [5, 5.41) is 0. The average Bonchev–Trinajstić information content (AvgIpc) is 2.88. The van der Waals surface area contributed by atoms with Gasteiger partial charge in [0.1, 0.15) is 0 Å². The van der Waals surface area contributed by atoms with Crippen LogP contribution in [0.1, 0.15) is 79.6 Å². The van der Waals surface area contributed by atoms with Crippen LogP contribution in [0.3, 0.4) is 0 Å². The molecule has 4 heteroatoms. The van der Waals surface area contributed by atoms with Crippen LogP contribution in [0.4, 0.5) is 0 Å². The van der Waals surface area contributed by atoms with Crippen LogP contribution >= 0.6 is 0 Å². The number of esters is 1. The number of hydrogen-bond donors (Lipinski definition) is 0. The molecule has 0 heterocycles. The molecular weight excluding hydrogens is 352 g/mol. The second-order valence-electron chi connectivity index (χ2n) is 10.7. The Hall–Kier alpha value is -1.45. The zero-order valence-corrected chi connectivity index (χ0v) is 18.0. The highest BCUT2D eigenvalue weighted by atomic mass is 16.6. The lowest BCUT2D eigenvalue weighted by molar-refractivity contribution is -0.186. The van der Waals surface area contributed by atoms with Gasteiger partial charge in [0.2, 0.25) is 0 Å². The third-order valence-electron chi connectivity index (χ3n) is 8.96. The topological polar surface area (TPSA) is 60.4 Å². The zero-order chi connectivity index (χ0) is 20.5. The summed E-state index contributed by atoms with van der Waals surface area (Å²) >= 11 is 0. The van der Waals surface area contributed by atoms with Gasteiger partial charge >= 0.3 is 5.97 Å². The SMILES string of the molecule is CC(=O)O[C@]1(C(C)=O)CC[C@H]2[C@@H]3CC(C)(C)C4=CC(=O)CC[C@@H]4[C@H]3CC[C@@]21C. The van der Waals surface area contributed by atoms with Crippen molar-refractivity contribution in [2.24, 2.45) is 34.5 Å². The average molecular weight is 387 g/mol. The lowest BCUT2D eigenvalue weighted by atomic mass is 9.46. The van der Waals surface area contributed by atoms with Gasteiger partial charge in [0.05, 0.1) is 0 Å². The fourth-order valence-corrected chi connectivity index (χ4v) is 7.83. The summed E-state index contributed by atoms with van der Waals surface area (Å²) in [6.45, 7) is 9.79. The molecule has 0 radical (unpaired) electrons. The van der Waals surface area contributed by atoms with E-state index in [9.17, 15) is 14.4 Å². The van der Waals surface area contributed by atoms with Gasteiger partial charge in [-0.15, -0.1) is 0 Å². The largest absolute Gasteiger partial charge is 0.451 e. The van der Waals surface area contributed by atoms with Crippen molar-refractivity contribution in [3.8, 4) is 0 Å². The standard InChI is InChI=1S/C24H34O4/c1-14(25)24(28-15(2)26)11-9-20-19-13-22(3,4)21-12-16(27)6-7-18(21)17(19)8-10-23(20,24)5/h12,17-20H,6-11,13H2,1-5H3/t17-,18-,19-,20+,23+,24+/m1/s1. The maximum absolute atomic E-state index is 12.8. The normalized spacial score (nSPS) is 44.0. The molecule has 6 atom stereocenters. The van der Waals surface area contributed by atoms with Gasteiger partial charge in [-0.05, 0) is 80.6 Å². The molecule has 4 aliphatic rings. The molecular formula is C24H34O4. The molecule has 0 saturated heterocycles. The van der Waals surface area contributed by atoms with Crippen LogP contribution in [0.15, 0.2) is 11.6 Å². The second kappa shape index (κ2) is 6.27. The molecule has 0 aromatic rings. The molecule has 0 N–H and O–H groups in total. The summed E-state index contributed by atoms with van der Waals surface area (Å²) in [5.74, 6) is 1.95. The lowest BCUT2D eigenvalue weighted by Gasteiger charge is -2.58. The van der Waals surface area contributed by atoms with E-state index < -0.39 is 5.60 Å². The van der Waals surface area contributed by atoms with E-state index in [0.717, 1.165) is 32.1 Å². The minimum Gasteiger partial charge on any atom is -0.451 e. The summed E-state index contributed by atoms with van der Waals surface area (Å²) < 4.78 is 5.84. The Kier molecular flexibility index (Phi) is 4.45. The highest BCUT2D eigenvalue weighted by Gasteiger charge is 2.67. The van der Waals surface area contributed by atoms with Crippen molar-refractivity contribution in [3.63, 3.8) is 0 Å². The van der Waals surface area contributed by atoms with Gasteiger partial charge in [-0.2, -0.15) is 0 Å². The van der Waals surface area contributed by atoms with Crippen LogP contribution in [-0.4, -0.2) is 23.1 Å². The molecule has 3 saturated carbocycles. The van der Waals surface area contributed by atoms with Crippen molar-refractivity contribution in [2.45, 2.75) is 85.2 Å². The third kappa shape index (κ3) is 2.59. The number of rotatable bonds is 2. The predicted octanol–water partition coefficient (Wildman–Crippen LogP) is 4.66. The Morgan fingerprint density at radius 3 is 2.39 bits per heavy atom. The molecule has 4 rings (SSSR count). The molecule has 154 valence electrons. The number of ether oxygens (including phenoxy) is 1. The van der Waals surface area contributed by atoms with Gasteiger partial charge in [-0.1, -0.05) is 26.3 Å². The Bertz CT molecular complexity index is 763. The number of carbonyl (C=O) groups is 3. The summed E-state index contributed by atoms with van der Waals surface area (Å²) in [4.78, 5) is 36.8. The van der Waals surface area contributed by atoms with Crippen molar-refractivity contribution < 1.29 is 19.1 Å². The molecule has 0 bridgehead atoms. The zero-order valence-electron chi connectivity index (χ0n) is 18.0. The summed E-state index contributed by atoms with van der Waals surface area (Å²) in [7, 11) is 0. The van der Waals surface area contributed by atoms with Crippen molar-refractivity contribution in [1.82, 2.24) is 0 Å². The van der Waals surface area contributed by atoms with Crippen LogP contribution in [0.2, 0.25) is 0 Å². The molecule has 3 fully saturated rings. The van der Waals surface area contributed by atoms with Crippen molar-refractivity contribution in [3.05, 3.63) is 11.6 Å². The Labute approximate surface area is 168 Å². The predicted molar refractivity (Wildman–Crippen MR) is 106 cm³/mol. The molecule has 0 spiro atoms. The first kappa shape index (κ1) is 19.8. The summed E-state index contributed by atoms with van der Waals surface area (Å²) in [6, 6.07) is 0. The van der Waals surface area contributed by atoms with E-state index >= 15 is 0 Å². The van der Waals surface area contributed by atoms with Crippen LogP contribution < -0.4 is 0 Å². The number of allylic oxidation sites excluding steroid dienone is 1. The van der Waals surface area contributed by atoms with Crippen molar-refractivity contribution >= 4 is 17.5 Å². The lowest BCUT2D eigenvalue weighted by Crippen LogP contribution is -2.58. The van der Waals surface area contributed by atoms with Gasteiger partial charge in [0.15, 0.2) is 17.2 Å². The van der Waals surface area contributed by atoms with Gasteiger partial charge < -0.3 is 4.74 Å². The van der Waals surface area contributed by atoms with E-state index in [1.54, 1.807) is 6.92 Å². The Morgan fingerprint density at radius 2 is 1.75 bits per heavy atom. The van der Waals surface area contributed by atoms with Crippen LogP contribution in [0.5, 0.6) is 0 Å². The van der Waals surface area contributed by atoms with E-state index in [1.807, 2.05) is 6.08 Å². The van der Waals surface area contributed by atoms with Crippen molar-refractivity contribution in [2.75, 3.05) is 0 Å². The smallest absolute Gasteiger partial charge is 0.303 e. The molecule has 4 aliphatic carbocycles. The van der Waals surface area contributed by atoms with E-state index in [1.165, 1.54) is 12.5 Å². The van der Waals surface area contributed by atoms with Gasteiger partial charge in [-0.3, -0.25) is 14.4 Å². The number of fused-ring (bicyclic) bond motifs is 5. The van der Waals surface area contributed by atoms with Gasteiger partial charge in [0.25, 0.3) is 0 Å². The highest BCUT2D eigenvalue weighted by molar-refractivity contribution is 5.91. The number of Topliss-reactive ketones (excluding diaryl/α,β-unsaturated/α-hetero) is 1. The van der Waals surface area contributed by atoms with Crippen LogP contribution in [0, 0.1) is 34.5 Å². The first-order valence-electron chi connectivity index (χ1n) is 11.0. The van der Waals surface area contributed by atoms with E-state index in [2.05, 4.69) is 20.8 Å². The van der Waals surface area contributed by atoms with Gasteiger partial charge in [-0.25, -0.2) is 0 Å². The van der Waals surface area contributed by atoms with Gasteiger partial charge in [0, 0.05) is 18.8 Å². The Balaban J connectivity index is 1.73. The Morgan fingerprint density at radius 1 is 1.04 bits per heavy atom. The van der Waals surface area contributed by atoms with E-state index in [-0.39, 0.29) is 28.4 Å². The monoisotopic (exact) mass is 386 g/mol. The molecule has 0 aromatic heterocycles. The molecule has 28 heavy (non-hydrogen) atoms. The highest BCUT2D eigenvalue weighted by Crippen LogP contribution is 2.68. The number of ketones is 2. The van der Waals surface area contributed by atoms with Crippen LogP contribution in [0.25, 0.3) is 0 Å². The molecule has 4 nitrogen and oxygen atoms in total. The van der Waals surface area contributed by atoms with Crippen LogP contribution in [-0.2, 0) is 19.1 Å². The van der Waals surface area contributed by atoms with E-state index in [0.29, 0.717) is 36.5 Å². The fraction of sp³-hybridized carbons (Fsp3) is 0.792. The first-order chi connectivity index (χ1) is 13.0.